The van der Waals surface area contributed by atoms with Gasteiger partial charge in [0.15, 0.2) is 0 Å². The van der Waals surface area contributed by atoms with Gasteiger partial charge in [-0.2, -0.15) is 0 Å². The van der Waals surface area contributed by atoms with E-state index < -0.39 is 0 Å². The number of rotatable bonds is 2. The van der Waals surface area contributed by atoms with Crippen molar-refractivity contribution in [3.05, 3.63) is 118 Å². The van der Waals surface area contributed by atoms with Crippen LogP contribution in [0.4, 0.5) is 0 Å². The largest absolute Gasteiger partial charge is 0.0616 e. The summed E-state index contributed by atoms with van der Waals surface area (Å²) in [6.45, 7) is 0. The van der Waals surface area contributed by atoms with E-state index in [1.165, 1.54) is 65.3 Å². The van der Waals surface area contributed by atoms with Gasteiger partial charge in [0.05, 0.1) is 0 Å². The highest BCUT2D eigenvalue weighted by molar-refractivity contribution is 9.11. The number of hydrogen-bond donors (Lipinski definition) is 0. The van der Waals surface area contributed by atoms with Crippen LogP contribution < -0.4 is 0 Å². The Morgan fingerprint density at radius 2 is 0.676 bits per heavy atom. The second-order valence-corrected chi connectivity index (χ2v) is 10.4. The second kappa shape index (κ2) is 7.66. The molecule has 0 N–H and O–H groups in total. The van der Waals surface area contributed by atoms with Gasteiger partial charge in [0.25, 0.3) is 0 Å². The Bertz CT molecular complexity index is 1720. The van der Waals surface area contributed by atoms with Crippen LogP contribution in [-0.2, 0) is 0 Å². The van der Waals surface area contributed by atoms with E-state index in [1.54, 1.807) is 0 Å². The highest BCUT2D eigenvalue weighted by atomic mass is 79.9. The average molecular weight is 562 g/mol. The van der Waals surface area contributed by atoms with Gasteiger partial charge in [0, 0.05) is 8.95 Å². The van der Waals surface area contributed by atoms with Gasteiger partial charge >= 0.3 is 0 Å². The molecule has 0 aromatic heterocycles. The molecule has 0 radical (unpaired) electrons. The summed E-state index contributed by atoms with van der Waals surface area (Å²) in [5.41, 5.74) is 4.96. The summed E-state index contributed by atoms with van der Waals surface area (Å²) in [5.74, 6) is 0. The van der Waals surface area contributed by atoms with Gasteiger partial charge in [0.1, 0.15) is 0 Å². The Hall–Kier alpha value is -3.20. The summed E-state index contributed by atoms with van der Waals surface area (Å²) in [6.07, 6.45) is 0. The molecule has 0 fully saturated rings. The third-order valence-electron chi connectivity index (χ3n) is 6.99. The van der Waals surface area contributed by atoms with Crippen molar-refractivity contribution in [2.24, 2.45) is 0 Å². The molecule has 0 spiro atoms. The summed E-state index contributed by atoms with van der Waals surface area (Å²) in [4.78, 5) is 0. The van der Waals surface area contributed by atoms with E-state index in [0.29, 0.717) is 0 Å². The van der Waals surface area contributed by atoms with Crippen molar-refractivity contribution >= 4 is 74.9 Å². The molecule has 160 valence electrons. The molecule has 7 aromatic rings. The van der Waals surface area contributed by atoms with Crippen molar-refractivity contribution < 1.29 is 0 Å². The van der Waals surface area contributed by atoms with Crippen molar-refractivity contribution in [1.82, 2.24) is 0 Å². The molecule has 0 heterocycles. The Morgan fingerprint density at radius 3 is 1.12 bits per heavy atom. The van der Waals surface area contributed by atoms with Crippen LogP contribution in [0.15, 0.2) is 118 Å². The predicted molar refractivity (Wildman–Crippen MR) is 154 cm³/mol. The predicted octanol–water partition coefficient (Wildman–Crippen LogP) is 10.6. The molecule has 34 heavy (non-hydrogen) atoms. The number of fused-ring (bicyclic) bond motifs is 2. The van der Waals surface area contributed by atoms with E-state index in [-0.39, 0.29) is 0 Å². The molecule has 7 rings (SSSR count). The van der Waals surface area contributed by atoms with Gasteiger partial charge in [-0.25, -0.2) is 0 Å². The van der Waals surface area contributed by atoms with Crippen molar-refractivity contribution in [3.8, 4) is 22.3 Å². The van der Waals surface area contributed by atoms with E-state index in [4.69, 9.17) is 0 Å². The highest BCUT2D eigenvalue weighted by Gasteiger charge is 2.18. The maximum Gasteiger partial charge on any atom is 0.0253 e. The van der Waals surface area contributed by atoms with Gasteiger partial charge in [0.2, 0.25) is 0 Å². The fraction of sp³-hybridized carbons (Fsp3) is 0. The first-order valence-electron chi connectivity index (χ1n) is 11.3. The zero-order valence-corrected chi connectivity index (χ0v) is 21.3. The third kappa shape index (κ3) is 2.82. The SMILES string of the molecule is Brc1ccccc1-c1ccc2c3ccc(-c4ccccc4Br)c4cccc(c5cccc1c52)c43. The van der Waals surface area contributed by atoms with Crippen LogP contribution in [0.3, 0.4) is 0 Å². The first-order chi connectivity index (χ1) is 16.7. The molecule has 0 saturated carbocycles. The van der Waals surface area contributed by atoms with Gasteiger partial charge in [-0.1, -0.05) is 129 Å². The fourth-order valence-electron chi connectivity index (χ4n) is 5.54. The monoisotopic (exact) mass is 560 g/mol. The lowest BCUT2D eigenvalue weighted by Crippen LogP contribution is -1.91. The molecule has 0 amide bonds. The lowest BCUT2D eigenvalue weighted by atomic mass is 9.85. The maximum absolute atomic E-state index is 3.77. The first kappa shape index (κ1) is 20.2. The lowest BCUT2D eigenvalue weighted by molar-refractivity contribution is 1.61. The van der Waals surface area contributed by atoms with Gasteiger partial charge in [-0.3, -0.25) is 0 Å². The molecule has 0 unspecified atom stereocenters. The van der Waals surface area contributed by atoms with Crippen molar-refractivity contribution in [3.63, 3.8) is 0 Å². The number of halogens is 2. The topological polar surface area (TPSA) is 0 Å². The van der Waals surface area contributed by atoms with Gasteiger partial charge < -0.3 is 0 Å². The molecule has 0 bridgehead atoms. The summed E-state index contributed by atoms with van der Waals surface area (Å²) >= 11 is 7.54. The van der Waals surface area contributed by atoms with Crippen molar-refractivity contribution in [2.75, 3.05) is 0 Å². The molecule has 7 aromatic carbocycles. The normalized spacial score (nSPS) is 11.8. The minimum Gasteiger partial charge on any atom is -0.0616 e. The molecular weight excluding hydrogens is 544 g/mol. The molecule has 0 nitrogen and oxygen atoms in total. The van der Waals surface area contributed by atoms with Crippen LogP contribution in [0.5, 0.6) is 0 Å². The van der Waals surface area contributed by atoms with Crippen LogP contribution in [0.25, 0.3) is 65.3 Å². The Morgan fingerprint density at radius 1 is 0.294 bits per heavy atom. The zero-order chi connectivity index (χ0) is 22.8. The minimum absolute atomic E-state index is 1.12. The number of benzene rings is 7. The van der Waals surface area contributed by atoms with Gasteiger partial charge in [-0.15, -0.1) is 0 Å². The van der Waals surface area contributed by atoms with Crippen LogP contribution in [0.1, 0.15) is 0 Å². The number of hydrogen-bond acceptors (Lipinski definition) is 0. The first-order valence-corrected chi connectivity index (χ1v) is 12.9. The summed E-state index contributed by atoms with van der Waals surface area (Å²) in [5, 5.41) is 10.5. The maximum atomic E-state index is 3.77. The van der Waals surface area contributed by atoms with Crippen LogP contribution >= 0.6 is 31.9 Å². The standard InChI is InChI=1S/C32H18Br2/c33-29-13-3-1-7-21(29)19-15-17-27-28-18-16-20(22-8-2-4-14-30(22)34)24-10-6-12-26(32(24)28)25-11-5-9-23(19)31(25)27/h1-18H. The molecule has 0 aliphatic rings. The molecular formula is C32H18Br2. The van der Waals surface area contributed by atoms with E-state index in [9.17, 15) is 0 Å². The summed E-state index contributed by atoms with van der Waals surface area (Å²) in [6, 6.07) is 39.6. The lowest BCUT2D eigenvalue weighted by Gasteiger charge is -2.18. The Labute approximate surface area is 214 Å². The highest BCUT2D eigenvalue weighted by Crippen LogP contribution is 2.46. The third-order valence-corrected chi connectivity index (χ3v) is 8.37. The van der Waals surface area contributed by atoms with E-state index in [0.717, 1.165) is 8.95 Å². The fourth-order valence-corrected chi connectivity index (χ4v) is 6.54. The van der Waals surface area contributed by atoms with Crippen molar-refractivity contribution in [2.45, 2.75) is 0 Å². The van der Waals surface area contributed by atoms with Gasteiger partial charge in [-0.05, 0) is 77.5 Å². The van der Waals surface area contributed by atoms with Crippen LogP contribution in [0, 0.1) is 0 Å². The molecule has 0 atom stereocenters. The smallest absolute Gasteiger partial charge is 0.0253 e. The van der Waals surface area contributed by atoms with E-state index >= 15 is 0 Å². The molecule has 0 aliphatic heterocycles. The van der Waals surface area contributed by atoms with E-state index in [1.807, 2.05) is 0 Å². The Kier molecular flexibility index (Phi) is 4.55. The molecule has 0 saturated heterocycles. The minimum atomic E-state index is 1.12. The summed E-state index contributed by atoms with van der Waals surface area (Å²) < 4.78 is 2.24. The second-order valence-electron chi connectivity index (χ2n) is 8.74. The van der Waals surface area contributed by atoms with Crippen molar-refractivity contribution in [1.29, 1.82) is 0 Å². The average Bonchev–Trinajstić information content (AvgIpc) is 2.88. The Balaban J connectivity index is 1.65. The summed E-state index contributed by atoms with van der Waals surface area (Å²) in [7, 11) is 0. The quantitative estimate of drug-likeness (QED) is 0.145. The van der Waals surface area contributed by atoms with Crippen LogP contribution in [-0.4, -0.2) is 0 Å². The zero-order valence-electron chi connectivity index (χ0n) is 18.1. The molecule has 2 heteroatoms. The molecule has 0 aliphatic carbocycles. The van der Waals surface area contributed by atoms with Crippen LogP contribution in [0.2, 0.25) is 0 Å². The van der Waals surface area contributed by atoms with E-state index in [2.05, 4.69) is 141 Å².